The summed E-state index contributed by atoms with van der Waals surface area (Å²) in [5.41, 5.74) is 1.48. The number of imidazole rings is 2. The minimum atomic E-state index is -0.488. The van der Waals surface area contributed by atoms with Crippen LogP contribution in [0.2, 0.25) is 0 Å². The van der Waals surface area contributed by atoms with Crippen molar-refractivity contribution < 1.29 is 8.78 Å². The third kappa shape index (κ3) is 2.11. The van der Waals surface area contributed by atoms with E-state index in [1.807, 2.05) is 13.8 Å². The van der Waals surface area contributed by atoms with Crippen molar-refractivity contribution in [3.8, 4) is 22.5 Å². The summed E-state index contributed by atoms with van der Waals surface area (Å²) < 4.78 is 32.4. The second-order valence-corrected chi connectivity index (χ2v) is 5.31. The van der Waals surface area contributed by atoms with E-state index < -0.39 is 11.6 Å². The summed E-state index contributed by atoms with van der Waals surface area (Å²) in [7, 11) is 3.54. The lowest BCUT2D eigenvalue weighted by Gasteiger charge is -2.10. The van der Waals surface area contributed by atoms with Crippen LogP contribution < -0.4 is 0 Å². The Labute approximate surface area is 127 Å². The Bertz CT molecular complexity index is 789. The molecule has 6 heteroatoms. The van der Waals surface area contributed by atoms with Gasteiger partial charge in [0.05, 0.1) is 23.8 Å². The van der Waals surface area contributed by atoms with Crippen molar-refractivity contribution in [3.05, 3.63) is 47.8 Å². The molecule has 0 saturated carbocycles. The molecule has 0 N–H and O–H groups in total. The highest BCUT2D eigenvalue weighted by atomic mass is 19.1. The van der Waals surface area contributed by atoms with Gasteiger partial charge >= 0.3 is 0 Å². The standard InChI is InChI=1S/C16H16F2N4/c1-9-19-7-15(21(9)3)11-5-14(18)12(6-13(11)17)16-8-20-10(2)22(16)4/h5-8H,1-4H3. The van der Waals surface area contributed by atoms with E-state index in [1.165, 1.54) is 12.1 Å². The second kappa shape index (κ2) is 5.05. The van der Waals surface area contributed by atoms with Crippen molar-refractivity contribution >= 4 is 0 Å². The highest BCUT2D eigenvalue weighted by Gasteiger charge is 2.18. The van der Waals surface area contributed by atoms with E-state index in [2.05, 4.69) is 9.97 Å². The molecule has 0 aliphatic carbocycles. The largest absolute Gasteiger partial charge is 0.331 e. The van der Waals surface area contributed by atoms with Crippen molar-refractivity contribution in [2.45, 2.75) is 13.8 Å². The van der Waals surface area contributed by atoms with E-state index >= 15 is 0 Å². The Morgan fingerprint density at radius 3 is 1.41 bits per heavy atom. The molecule has 0 unspecified atom stereocenters. The maximum Gasteiger partial charge on any atom is 0.133 e. The van der Waals surface area contributed by atoms with Crippen LogP contribution >= 0.6 is 0 Å². The lowest BCUT2D eigenvalue weighted by molar-refractivity contribution is 0.603. The highest BCUT2D eigenvalue weighted by Crippen LogP contribution is 2.31. The van der Waals surface area contributed by atoms with Crippen LogP contribution in [0.15, 0.2) is 24.5 Å². The summed E-state index contributed by atoms with van der Waals surface area (Å²) in [4.78, 5) is 8.24. The number of aryl methyl sites for hydroxylation is 2. The zero-order valence-electron chi connectivity index (χ0n) is 12.9. The first kappa shape index (κ1) is 14.4. The van der Waals surface area contributed by atoms with E-state index in [1.54, 1.807) is 35.6 Å². The number of hydrogen-bond acceptors (Lipinski definition) is 2. The van der Waals surface area contributed by atoms with Gasteiger partial charge in [0.1, 0.15) is 23.3 Å². The number of rotatable bonds is 2. The van der Waals surface area contributed by atoms with E-state index in [9.17, 15) is 8.78 Å². The van der Waals surface area contributed by atoms with Crippen molar-refractivity contribution in [3.63, 3.8) is 0 Å². The topological polar surface area (TPSA) is 35.6 Å². The van der Waals surface area contributed by atoms with E-state index in [-0.39, 0.29) is 11.1 Å². The van der Waals surface area contributed by atoms with Gasteiger partial charge in [0, 0.05) is 25.2 Å². The lowest BCUT2D eigenvalue weighted by atomic mass is 10.1. The molecule has 114 valence electrons. The molecule has 1 aromatic carbocycles. The molecular formula is C16H16F2N4. The fourth-order valence-corrected chi connectivity index (χ4v) is 2.44. The predicted molar refractivity (Wildman–Crippen MR) is 80.2 cm³/mol. The van der Waals surface area contributed by atoms with Crippen LogP contribution in [-0.4, -0.2) is 19.1 Å². The molecule has 0 atom stereocenters. The van der Waals surface area contributed by atoms with Gasteiger partial charge in [-0.2, -0.15) is 0 Å². The third-order valence-corrected chi connectivity index (χ3v) is 4.05. The van der Waals surface area contributed by atoms with Crippen LogP contribution in [0.4, 0.5) is 8.78 Å². The fraction of sp³-hybridized carbons (Fsp3) is 0.250. The molecule has 4 nitrogen and oxygen atoms in total. The van der Waals surface area contributed by atoms with Crippen LogP contribution in [0.3, 0.4) is 0 Å². The fourth-order valence-electron chi connectivity index (χ4n) is 2.44. The van der Waals surface area contributed by atoms with E-state index in [0.717, 1.165) is 11.6 Å². The zero-order chi connectivity index (χ0) is 16.0. The average Bonchev–Trinajstić information content (AvgIpc) is 2.98. The first-order valence-electron chi connectivity index (χ1n) is 6.86. The molecule has 2 aromatic heterocycles. The summed E-state index contributed by atoms with van der Waals surface area (Å²) in [6.07, 6.45) is 3.09. The second-order valence-electron chi connectivity index (χ2n) is 5.31. The molecule has 3 aromatic rings. The normalized spacial score (nSPS) is 11.2. The molecule has 0 aliphatic rings. The maximum absolute atomic E-state index is 14.5. The SMILES string of the molecule is Cc1ncc(-c2cc(F)c(-c3cnc(C)n3C)cc2F)n1C. The van der Waals surface area contributed by atoms with Gasteiger partial charge in [-0.3, -0.25) is 0 Å². The number of benzene rings is 1. The zero-order valence-corrected chi connectivity index (χ0v) is 12.9. The van der Waals surface area contributed by atoms with Crippen LogP contribution in [0.1, 0.15) is 11.6 Å². The van der Waals surface area contributed by atoms with E-state index in [4.69, 9.17) is 0 Å². The smallest absolute Gasteiger partial charge is 0.133 e. The van der Waals surface area contributed by atoms with Gasteiger partial charge in [-0.05, 0) is 26.0 Å². The first-order valence-corrected chi connectivity index (χ1v) is 6.86. The summed E-state index contributed by atoms with van der Waals surface area (Å²) in [6, 6.07) is 2.42. The Hall–Kier alpha value is -2.50. The molecule has 0 radical (unpaired) electrons. The minimum Gasteiger partial charge on any atom is -0.331 e. The third-order valence-electron chi connectivity index (χ3n) is 4.05. The summed E-state index contributed by atoms with van der Waals surface area (Å²) in [5, 5.41) is 0. The Morgan fingerprint density at radius 2 is 1.14 bits per heavy atom. The quantitative estimate of drug-likeness (QED) is 0.727. The molecule has 0 fully saturated rings. The Morgan fingerprint density at radius 1 is 0.773 bits per heavy atom. The van der Waals surface area contributed by atoms with Crippen LogP contribution in [-0.2, 0) is 14.1 Å². The van der Waals surface area contributed by atoms with Crippen molar-refractivity contribution in [2.24, 2.45) is 14.1 Å². The van der Waals surface area contributed by atoms with Gasteiger partial charge < -0.3 is 9.13 Å². The molecule has 0 amide bonds. The average molecular weight is 302 g/mol. The highest BCUT2D eigenvalue weighted by molar-refractivity contribution is 5.68. The van der Waals surface area contributed by atoms with Gasteiger partial charge in [-0.25, -0.2) is 18.7 Å². The number of halogens is 2. The van der Waals surface area contributed by atoms with Crippen molar-refractivity contribution in [1.29, 1.82) is 0 Å². The van der Waals surface area contributed by atoms with Gasteiger partial charge in [-0.1, -0.05) is 0 Å². The monoisotopic (exact) mass is 302 g/mol. The first-order chi connectivity index (χ1) is 10.4. The van der Waals surface area contributed by atoms with Gasteiger partial charge in [0.15, 0.2) is 0 Å². The molecular weight excluding hydrogens is 286 g/mol. The number of nitrogens with zero attached hydrogens (tertiary/aromatic N) is 4. The van der Waals surface area contributed by atoms with Crippen LogP contribution in [0.25, 0.3) is 22.5 Å². The lowest BCUT2D eigenvalue weighted by Crippen LogP contribution is -2.00. The van der Waals surface area contributed by atoms with Crippen molar-refractivity contribution in [1.82, 2.24) is 19.1 Å². The molecule has 3 rings (SSSR count). The van der Waals surface area contributed by atoms with Crippen LogP contribution in [0, 0.1) is 25.5 Å². The number of aromatic nitrogens is 4. The summed E-state index contributed by atoms with van der Waals surface area (Å²) in [5.74, 6) is 0.499. The van der Waals surface area contributed by atoms with E-state index in [0.29, 0.717) is 11.4 Å². The molecule has 0 aliphatic heterocycles. The Kier molecular flexibility index (Phi) is 3.31. The molecule has 22 heavy (non-hydrogen) atoms. The summed E-state index contributed by atoms with van der Waals surface area (Å²) in [6.45, 7) is 3.62. The van der Waals surface area contributed by atoms with Gasteiger partial charge in [-0.15, -0.1) is 0 Å². The Balaban J connectivity index is 2.17. The predicted octanol–water partition coefficient (Wildman–Crippen LogP) is 3.38. The molecule has 0 bridgehead atoms. The summed E-state index contributed by atoms with van der Waals surface area (Å²) >= 11 is 0. The molecule has 0 saturated heterocycles. The maximum atomic E-state index is 14.5. The number of hydrogen-bond donors (Lipinski definition) is 0. The molecule has 0 spiro atoms. The minimum absolute atomic E-state index is 0.197. The van der Waals surface area contributed by atoms with Crippen molar-refractivity contribution in [2.75, 3.05) is 0 Å². The van der Waals surface area contributed by atoms with Crippen LogP contribution in [0.5, 0.6) is 0 Å². The van der Waals surface area contributed by atoms with Gasteiger partial charge in [0.25, 0.3) is 0 Å². The molecule has 2 heterocycles. The van der Waals surface area contributed by atoms with Gasteiger partial charge in [0.2, 0.25) is 0 Å².